The summed E-state index contributed by atoms with van der Waals surface area (Å²) in [7, 11) is 0. The van der Waals surface area contributed by atoms with Crippen LogP contribution >= 0.6 is 0 Å². The van der Waals surface area contributed by atoms with Gasteiger partial charge in [0, 0.05) is 18.1 Å². The third kappa shape index (κ3) is 3.61. The first-order valence-corrected chi connectivity index (χ1v) is 7.75. The molecule has 1 aromatic rings. The number of nitrogens with zero attached hydrogens (tertiary/aromatic N) is 1. The smallest absolute Gasteiger partial charge is 0.117 e. The van der Waals surface area contributed by atoms with Gasteiger partial charge in [0.2, 0.25) is 0 Å². The molecule has 106 valence electrons. The number of hydrogen-bond donors (Lipinski definition) is 1. The lowest BCUT2D eigenvalue weighted by atomic mass is 10.0. The first kappa shape index (κ1) is 13.2. The molecule has 0 aromatic carbocycles. The van der Waals surface area contributed by atoms with Gasteiger partial charge in [-0.15, -0.1) is 0 Å². The van der Waals surface area contributed by atoms with Crippen LogP contribution in [0.15, 0.2) is 22.8 Å². The van der Waals surface area contributed by atoms with Gasteiger partial charge in [-0.25, -0.2) is 0 Å². The van der Waals surface area contributed by atoms with Gasteiger partial charge >= 0.3 is 0 Å². The molecule has 2 unspecified atom stereocenters. The van der Waals surface area contributed by atoms with Crippen LogP contribution < -0.4 is 5.32 Å². The van der Waals surface area contributed by atoms with E-state index in [0.29, 0.717) is 12.0 Å². The molecule has 0 spiro atoms. The predicted molar refractivity (Wildman–Crippen MR) is 76.9 cm³/mol. The van der Waals surface area contributed by atoms with Gasteiger partial charge in [-0.2, -0.15) is 0 Å². The highest BCUT2D eigenvalue weighted by Gasteiger charge is 2.35. The molecule has 0 saturated heterocycles. The fraction of sp³-hybridized carbons (Fsp3) is 0.750. The van der Waals surface area contributed by atoms with Gasteiger partial charge in [0.25, 0.3) is 0 Å². The molecule has 3 rings (SSSR count). The van der Waals surface area contributed by atoms with Gasteiger partial charge in [-0.1, -0.05) is 6.92 Å². The van der Waals surface area contributed by atoms with Crippen molar-refractivity contribution in [2.24, 2.45) is 5.92 Å². The molecule has 0 aliphatic heterocycles. The number of hydrogen-bond acceptors (Lipinski definition) is 3. The Balaban J connectivity index is 1.55. The summed E-state index contributed by atoms with van der Waals surface area (Å²) in [6.07, 6.45) is 7.24. The number of furan rings is 1. The monoisotopic (exact) mass is 262 g/mol. The normalized spacial score (nSPS) is 22.7. The molecule has 3 nitrogen and oxygen atoms in total. The molecule has 2 aliphatic rings. The van der Waals surface area contributed by atoms with Crippen molar-refractivity contribution in [1.82, 2.24) is 10.2 Å². The van der Waals surface area contributed by atoms with Crippen LogP contribution in [0.5, 0.6) is 0 Å². The van der Waals surface area contributed by atoms with E-state index in [0.717, 1.165) is 30.9 Å². The Bertz CT molecular complexity index is 381. The highest BCUT2D eigenvalue weighted by atomic mass is 16.3. The van der Waals surface area contributed by atoms with E-state index in [1.807, 2.05) is 6.07 Å². The minimum absolute atomic E-state index is 0.615. The van der Waals surface area contributed by atoms with Crippen LogP contribution in [-0.4, -0.2) is 29.6 Å². The molecular formula is C16H26N2O. The van der Waals surface area contributed by atoms with Crippen LogP contribution in [-0.2, 0) is 6.54 Å². The van der Waals surface area contributed by atoms with Gasteiger partial charge in [0.1, 0.15) is 5.76 Å². The molecule has 0 radical (unpaired) electrons. The zero-order valence-corrected chi connectivity index (χ0v) is 12.1. The van der Waals surface area contributed by atoms with Crippen molar-refractivity contribution in [2.45, 2.75) is 64.2 Å². The molecule has 3 heteroatoms. The van der Waals surface area contributed by atoms with E-state index in [2.05, 4.69) is 30.1 Å². The zero-order chi connectivity index (χ0) is 13.2. The van der Waals surface area contributed by atoms with E-state index in [-0.39, 0.29) is 0 Å². The summed E-state index contributed by atoms with van der Waals surface area (Å²) in [4.78, 5) is 2.64. The maximum Gasteiger partial charge on any atom is 0.117 e. The van der Waals surface area contributed by atoms with Gasteiger partial charge in [-0.3, -0.25) is 4.90 Å². The Morgan fingerprint density at radius 3 is 2.68 bits per heavy atom. The Hall–Kier alpha value is -0.800. The summed E-state index contributed by atoms with van der Waals surface area (Å²) in [5.41, 5.74) is 0. The third-order valence-corrected chi connectivity index (χ3v) is 4.59. The van der Waals surface area contributed by atoms with Gasteiger partial charge in [-0.05, 0) is 57.2 Å². The maximum atomic E-state index is 5.52. The van der Waals surface area contributed by atoms with Crippen molar-refractivity contribution in [3.8, 4) is 0 Å². The summed E-state index contributed by atoms with van der Waals surface area (Å²) >= 11 is 0. The maximum absolute atomic E-state index is 5.52. The van der Waals surface area contributed by atoms with E-state index in [4.69, 9.17) is 4.42 Å². The number of nitrogens with one attached hydrogen (secondary N) is 1. The van der Waals surface area contributed by atoms with Gasteiger partial charge in [0.15, 0.2) is 0 Å². The molecule has 2 saturated carbocycles. The lowest BCUT2D eigenvalue weighted by Crippen LogP contribution is -2.42. The average molecular weight is 262 g/mol. The van der Waals surface area contributed by atoms with Crippen LogP contribution in [0.4, 0.5) is 0 Å². The molecule has 0 amide bonds. The van der Waals surface area contributed by atoms with E-state index in [1.54, 1.807) is 6.26 Å². The standard InChI is InChI=1S/C16H26N2O/c1-12(10-17-14-5-6-14)13(2)18(15-7-8-15)11-16-4-3-9-19-16/h3-4,9,12-15,17H,5-8,10-11H2,1-2H3. The highest BCUT2D eigenvalue weighted by molar-refractivity contribution is 5.01. The van der Waals surface area contributed by atoms with Crippen molar-refractivity contribution in [2.75, 3.05) is 6.54 Å². The summed E-state index contributed by atoms with van der Waals surface area (Å²) in [6, 6.07) is 6.29. The molecule has 1 heterocycles. The first-order valence-electron chi connectivity index (χ1n) is 7.75. The van der Waals surface area contributed by atoms with E-state index < -0.39 is 0 Å². The van der Waals surface area contributed by atoms with E-state index >= 15 is 0 Å². The molecule has 1 aromatic heterocycles. The predicted octanol–water partition coefficient (Wildman–Crippen LogP) is 3.02. The van der Waals surface area contributed by atoms with Crippen molar-refractivity contribution >= 4 is 0 Å². The molecule has 1 N–H and O–H groups in total. The minimum Gasteiger partial charge on any atom is -0.468 e. The fourth-order valence-electron chi connectivity index (χ4n) is 2.73. The van der Waals surface area contributed by atoms with Crippen LogP contribution in [0.1, 0.15) is 45.3 Å². The van der Waals surface area contributed by atoms with Crippen LogP contribution in [0.3, 0.4) is 0 Å². The van der Waals surface area contributed by atoms with Gasteiger partial charge < -0.3 is 9.73 Å². The average Bonchev–Trinajstić information content (AvgIpc) is 3.33. The van der Waals surface area contributed by atoms with Crippen molar-refractivity contribution in [1.29, 1.82) is 0 Å². The Kier molecular flexibility index (Phi) is 3.94. The quantitative estimate of drug-likeness (QED) is 0.780. The van der Waals surface area contributed by atoms with Crippen LogP contribution in [0, 0.1) is 5.92 Å². The summed E-state index contributed by atoms with van der Waals surface area (Å²) in [5, 5.41) is 3.66. The largest absolute Gasteiger partial charge is 0.468 e. The summed E-state index contributed by atoms with van der Waals surface area (Å²) in [5.74, 6) is 1.79. The highest BCUT2D eigenvalue weighted by Crippen LogP contribution is 2.32. The minimum atomic E-state index is 0.615. The van der Waals surface area contributed by atoms with E-state index in [9.17, 15) is 0 Å². The molecule has 19 heavy (non-hydrogen) atoms. The van der Waals surface area contributed by atoms with Crippen molar-refractivity contribution < 1.29 is 4.42 Å². The van der Waals surface area contributed by atoms with Gasteiger partial charge in [0.05, 0.1) is 12.8 Å². The Morgan fingerprint density at radius 2 is 2.11 bits per heavy atom. The van der Waals surface area contributed by atoms with E-state index in [1.165, 1.54) is 25.7 Å². The van der Waals surface area contributed by atoms with Crippen LogP contribution in [0.25, 0.3) is 0 Å². The molecule has 2 atom stereocenters. The SMILES string of the molecule is CC(CNC1CC1)C(C)N(Cc1ccco1)C1CC1. The second-order valence-corrected chi connectivity index (χ2v) is 6.38. The first-order chi connectivity index (χ1) is 9.24. The zero-order valence-electron chi connectivity index (χ0n) is 12.1. The third-order valence-electron chi connectivity index (χ3n) is 4.59. The fourth-order valence-corrected chi connectivity index (χ4v) is 2.73. The molecular weight excluding hydrogens is 236 g/mol. The Labute approximate surface area is 116 Å². The van der Waals surface area contributed by atoms with Crippen molar-refractivity contribution in [3.05, 3.63) is 24.2 Å². The van der Waals surface area contributed by atoms with Crippen LogP contribution in [0.2, 0.25) is 0 Å². The molecule has 2 fully saturated rings. The topological polar surface area (TPSA) is 28.4 Å². The lowest BCUT2D eigenvalue weighted by Gasteiger charge is -2.33. The summed E-state index contributed by atoms with van der Waals surface area (Å²) in [6.45, 7) is 6.86. The second kappa shape index (κ2) is 5.68. The molecule has 0 bridgehead atoms. The lowest BCUT2D eigenvalue weighted by molar-refractivity contribution is 0.132. The Morgan fingerprint density at radius 1 is 1.32 bits per heavy atom. The second-order valence-electron chi connectivity index (χ2n) is 6.38. The van der Waals surface area contributed by atoms with Crippen molar-refractivity contribution in [3.63, 3.8) is 0 Å². The summed E-state index contributed by atoms with van der Waals surface area (Å²) < 4.78 is 5.52. The molecule has 2 aliphatic carbocycles. The number of rotatable bonds is 8.